The van der Waals surface area contributed by atoms with Gasteiger partial charge in [-0.15, -0.1) is 0 Å². The van der Waals surface area contributed by atoms with Gasteiger partial charge in [-0.1, -0.05) is 6.07 Å². The molecule has 112 valence electrons. The first-order valence-corrected chi connectivity index (χ1v) is 7.66. The molecule has 0 bridgehead atoms. The third kappa shape index (κ3) is 1.91. The standard InChI is InChI=1S/C16H20N2O3/c1-16(6-3-10-21-16)15(19)18-8-7-17-9-11-20-13-5-2-4-12(18)14(13)17/h2,4-5H,3,6-11H2,1H3/t16-/m0/s1. The van der Waals surface area contributed by atoms with Crippen molar-refractivity contribution in [3.8, 4) is 5.75 Å². The molecule has 0 aliphatic carbocycles. The van der Waals surface area contributed by atoms with Gasteiger partial charge in [-0.05, 0) is 31.9 Å². The van der Waals surface area contributed by atoms with E-state index in [0.717, 1.165) is 43.1 Å². The number of amides is 1. The highest BCUT2D eigenvalue weighted by Crippen LogP contribution is 2.43. The molecule has 0 aromatic heterocycles. The Balaban J connectivity index is 1.74. The van der Waals surface area contributed by atoms with Crippen molar-refractivity contribution in [2.24, 2.45) is 0 Å². The molecule has 3 aliphatic rings. The van der Waals surface area contributed by atoms with Gasteiger partial charge in [0.15, 0.2) is 0 Å². The van der Waals surface area contributed by atoms with Gasteiger partial charge in [-0.25, -0.2) is 0 Å². The lowest BCUT2D eigenvalue weighted by atomic mass is 9.99. The summed E-state index contributed by atoms with van der Waals surface area (Å²) in [4.78, 5) is 17.2. The maximum absolute atomic E-state index is 13.0. The lowest BCUT2D eigenvalue weighted by Crippen LogP contribution is -2.53. The van der Waals surface area contributed by atoms with Crippen LogP contribution in [0.4, 0.5) is 11.4 Å². The van der Waals surface area contributed by atoms with Gasteiger partial charge < -0.3 is 19.3 Å². The first kappa shape index (κ1) is 13.0. The van der Waals surface area contributed by atoms with Crippen molar-refractivity contribution in [1.29, 1.82) is 0 Å². The molecule has 1 atom stereocenters. The Hall–Kier alpha value is -1.75. The van der Waals surface area contributed by atoms with Gasteiger partial charge in [0.25, 0.3) is 5.91 Å². The number of para-hydroxylation sites is 1. The quantitative estimate of drug-likeness (QED) is 0.790. The first-order chi connectivity index (χ1) is 10.2. The second-order valence-corrected chi connectivity index (χ2v) is 6.10. The molecule has 5 nitrogen and oxygen atoms in total. The van der Waals surface area contributed by atoms with Crippen molar-refractivity contribution in [2.45, 2.75) is 25.4 Å². The van der Waals surface area contributed by atoms with Crippen molar-refractivity contribution < 1.29 is 14.3 Å². The summed E-state index contributed by atoms with van der Waals surface area (Å²) >= 11 is 0. The molecule has 0 spiro atoms. The van der Waals surface area contributed by atoms with Gasteiger partial charge in [0.2, 0.25) is 0 Å². The Morgan fingerprint density at radius 2 is 2.14 bits per heavy atom. The molecule has 21 heavy (non-hydrogen) atoms. The van der Waals surface area contributed by atoms with Gasteiger partial charge in [0.1, 0.15) is 23.6 Å². The van der Waals surface area contributed by atoms with Crippen LogP contribution >= 0.6 is 0 Å². The molecular weight excluding hydrogens is 268 g/mol. The summed E-state index contributed by atoms with van der Waals surface area (Å²) in [6.45, 7) is 5.77. The number of carbonyl (C=O) groups excluding carboxylic acids is 1. The Labute approximate surface area is 124 Å². The van der Waals surface area contributed by atoms with Crippen LogP contribution < -0.4 is 14.5 Å². The monoisotopic (exact) mass is 288 g/mol. The zero-order chi connectivity index (χ0) is 14.4. The van der Waals surface area contributed by atoms with Crippen LogP contribution in [0.15, 0.2) is 18.2 Å². The van der Waals surface area contributed by atoms with Crippen molar-refractivity contribution in [1.82, 2.24) is 0 Å². The molecule has 0 radical (unpaired) electrons. The zero-order valence-electron chi connectivity index (χ0n) is 12.3. The second-order valence-electron chi connectivity index (χ2n) is 6.10. The molecule has 1 amide bonds. The molecule has 1 aromatic rings. The van der Waals surface area contributed by atoms with Crippen molar-refractivity contribution >= 4 is 17.3 Å². The van der Waals surface area contributed by atoms with E-state index in [1.807, 2.05) is 30.0 Å². The van der Waals surface area contributed by atoms with Gasteiger partial charge in [-0.2, -0.15) is 0 Å². The van der Waals surface area contributed by atoms with E-state index in [4.69, 9.17) is 9.47 Å². The van der Waals surface area contributed by atoms with E-state index >= 15 is 0 Å². The highest BCUT2D eigenvalue weighted by atomic mass is 16.5. The number of anilines is 2. The van der Waals surface area contributed by atoms with Gasteiger partial charge >= 0.3 is 0 Å². The van der Waals surface area contributed by atoms with E-state index in [2.05, 4.69) is 4.90 Å². The van der Waals surface area contributed by atoms with Crippen LogP contribution in [-0.4, -0.2) is 44.4 Å². The molecule has 5 heteroatoms. The Morgan fingerprint density at radius 3 is 2.95 bits per heavy atom. The topological polar surface area (TPSA) is 42.0 Å². The average Bonchev–Trinajstić information content (AvgIpc) is 2.96. The summed E-state index contributed by atoms with van der Waals surface area (Å²) in [5.74, 6) is 0.965. The predicted octanol–water partition coefficient (Wildman–Crippen LogP) is 1.80. The molecule has 1 fully saturated rings. The summed E-state index contributed by atoms with van der Waals surface area (Å²) in [6, 6.07) is 5.95. The number of hydrogen-bond donors (Lipinski definition) is 0. The highest BCUT2D eigenvalue weighted by molar-refractivity contribution is 6.03. The number of benzene rings is 1. The summed E-state index contributed by atoms with van der Waals surface area (Å²) in [5.41, 5.74) is 1.35. The average molecular weight is 288 g/mol. The second kappa shape index (κ2) is 4.63. The Morgan fingerprint density at radius 1 is 1.24 bits per heavy atom. The summed E-state index contributed by atoms with van der Waals surface area (Å²) in [7, 11) is 0. The minimum atomic E-state index is -0.666. The summed E-state index contributed by atoms with van der Waals surface area (Å²) < 4.78 is 11.5. The lowest BCUT2D eigenvalue weighted by Gasteiger charge is -2.42. The van der Waals surface area contributed by atoms with Crippen LogP contribution in [0.25, 0.3) is 0 Å². The lowest BCUT2D eigenvalue weighted by molar-refractivity contribution is -0.136. The molecular formula is C16H20N2O3. The van der Waals surface area contributed by atoms with Crippen molar-refractivity contribution in [2.75, 3.05) is 42.6 Å². The fourth-order valence-electron chi connectivity index (χ4n) is 3.55. The van der Waals surface area contributed by atoms with Crippen molar-refractivity contribution in [3.05, 3.63) is 18.2 Å². The molecule has 3 heterocycles. The SMILES string of the molecule is C[C@@]1(C(=O)N2CCN3CCOc4cccc2c43)CCCO1. The van der Waals surface area contributed by atoms with Crippen LogP contribution in [0.1, 0.15) is 19.8 Å². The number of hydrogen-bond acceptors (Lipinski definition) is 4. The fourth-order valence-corrected chi connectivity index (χ4v) is 3.55. The van der Waals surface area contributed by atoms with Crippen LogP contribution in [0.5, 0.6) is 5.75 Å². The molecule has 3 aliphatic heterocycles. The van der Waals surface area contributed by atoms with Crippen LogP contribution in [-0.2, 0) is 9.53 Å². The predicted molar refractivity (Wildman–Crippen MR) is 80.1 cm³/mol. The van der Waals surface area contributed by atoms with E-state index in [1.165, 1.54) is 0 Å². The molecule has 1 aromatic carbocycles. The van der Waals surface area contributed by atoms with E-state index in [0.29, 0.717) is 19.8 Å². The van der Waals surface area contributed by atoms with E-state index < -0.39 is 5.60 Å². The molecule has 0 unspecified atom stereocenters. The highest BCUT2D eigenvalue weighted by Gasteiger charge is 2.43. The van der Waals surface area contributed by atoms with E-state index in [1.54, 1.807) is 0 Å². The zero-order valence-corrected chi connectivity index (χ0v) is 12.3. The number of carbonyl (C=O) groups is 1. The van der Waals surface area contributed by atoms with Gasteiger partial charge in [0.05, 0.1) is 12.2 Å². The first-order valence-electron chi connectivity index (χ1n) is 7.66. The minimum absolute atomic E-state index is 0.0821. The van der Waals surface area contributed by atoms with Gasteiger partial charge in [-0.3, -0.25) is 4.79 Å². The number of nitrogens with zero attached hydrogens (tertiary/aromatic N) is 2. The maximum Gasteiger partial charge on any atom is 0.259 e. The Kier molecular flexibility index (Phi) is 2.85. The number of rotatable bonds is 1. The van der Waals surface area contributed by atoms with Crippen LogP contribution in [0.3, 0.4) is 0 Å². The summed E-state index contributed by atoms with van der Waals surface area (Å²) in [6.07, 6.45) is 1.76. The third-order valence-corrected chi connectivity index (χ3v) is 4.71. The normalized spacial score (nSPS) is 27.3. The van der Waals surface area contributed by atoms with Gasteiger partial charge in [0, 0.05) is 19.7 Å². The maximum atomic E-state index is 13.0. The largest absolute Gasteiger partial charge is 0.489 e. The fraction of sp³-hybridized carbons (Fsp3) is 0.562. The smallest absolute Gasteiger partial charge is 0.259 e. The molecule has 4 rings (SSSR count). The van der Waals surface area contributed by atoms with Crippen LogP contribution in [0, 0.1) is 0 Å². The third-order valence-electron chi connectivity index (χ3n) is 4.71. The number of ether oxygens (including phenoxy) is 2. The molecule has 0 N–H and O–H groups in total. The van der Waals surface area contributed by atoms with Crippen LogP contribution in [0.2, 0.25) is 0 Å². The minimum Gasteiger partial charge on any atom is -0.489 e. The van der Waals surface area contributed by atoms with E-state index in [9.17, 15) is 4.79 Å². The summed E-state index contributed by atoms with van der Waals surface area (Å²) in [5, 5.41) is 0. The molecule has 1 saturated heterocycles. The Bertz CT molecular complexity index is 581. The van der Waals surface area contributed by atoms with Crippen molar-refractivity contribution in [3.63, 3.8) is 0 Å². The molecule has 0 saturated carbocycles. The van der Waals surface area contributed by atoms with E-state index in [-0.39, 0.29) is 5.91 Å².